The summed E-state index contributed by atoms with van der Waals surface area (Å²) in [6.45, 7) is -1.38. The van der Waals surface area contributed by atoms with Gasteiger partial charge in [0.15, 0.2) is 6.61 Å². The summed E-state index contributed by atoms with van der Waals surface area (Å²) >= 11 is 0. The lowest BCUT2D eigenvalue weighted by atomic mass is 10.2. The van der Waals surface area contributed by atoms with Gasteiger partial charge in [0.25, 0.3) is 0 Å². The van der Waals surface area contributed by atoms with Gasteiger partial charge >= 0.3 is 18.4 Å². The normalized spacial score (nSPS) is 11.6. The van der Waals surface area contributed by atoms with Crippen LogP contribution in [0.4, 0.5) is 43.9 Å². The molecule has 0 aliphatic rings. The minimum atomic E-state index is -4.67. The summed E-state index contributed by atoms with van der Waals surface area (Å²) in [5.41, 5.74) is -0.118. The van der Waals surface area contributed by atoms with Crippen molar-refractivity contribution in [2.24, 2.45) is 0 Å². The van der Waals surface area contributed by atoms with Gasteiger partial charge in [-0.15, -0.1) is 0 Å². The summed E-state index contributed by atoms with van der Waals surface area (Å²) in [6.07, 6.45) is -9.30. The first kappa shape index (κ1) is 26.5. The van der Waals surface area contributed by atoms with E-state index in [-0.39, 0.29) is 36.5 Å². The molecule has 0 saturated carbocycles. The smallest absolute Gasteiger partial charge is 0.422 e. The molecule has 0 fully saturated rings. The molecular formula is C22H20F6N6O2. The molecule has 0 unspecified atom stereocenters. The zero-order valence-corrected chi connectivity index (χ0v) is 18.5. The van der Waals surface area contributed by atoms with Gasteiger partial charge in [0.2, 0.25) is 17.8 Å². The van der Waals surface area contributed by atoms with Crippen molar-refractivity contribution in [3.63, 3.8) is 0 Å². The first-order valence-corrected chi connectivity index (χ1v) is 10.4. The monoisotopic (exact) mass is 514 g/mol. The van der Waals surface area contributed by atoms with E-state index >= 15 is 0 Å². The number of halogens is 6. The van der Waals surface area contributed by atoms with Gasteiger partial charge in [0.05, 0.1) is 5.56 Å². The van der Waals surface area contributed by atoms with Gasteiger partial charge in [-0.2, -0.15) is 41.3 Å². The second-order valence-corrected chi connectivity index (χ2v) is 7.31. The van der Waals surface area contributed by atoms with E-state index in [1.54, 1.807) is 0 Å². The zero-order valence-electron chi connectivity index (χ0n) is 18.5. The van der Waals surface area contributed by atoms with Gasteiger partial charge in [0.1, 0.15) is 0 Å². The Morgan fingerprint density at radius 1 is 0.889 bits per heavy atom. The fraction of sp³-hybridized carbons (Fsp3) is 0.273. The van der Waals surface area contributed by atoms with Gasteiger partial charge in [-0.05, 0) is 23.8 Å². The van der Waals surface area contributed by atoms with Crippen LogP contribution in [0.3, 0.4) is 0 Å². The number of carbonyl (C=O) groups excluding carboxylic acids is 1. The summed E-state index contributed by atoms with van der Waals surface area (Å²) in [7, 11) is 0. The second kappa shape index (κ2) is 11.6. The molecule has 0 aliphatic carbocycles. The number of nitrogens with one attached hydrogen (secondary N) is 3. The molecule has 36 heavy (non-hydrogen) atoms. The number of carbonyl (C=O) groups is 1. The summed E-state index contributed by atoms with van der Waals surface area (Å²) in [6, 6.07) is 12.5. The first-order valence-electron chi connectivity index (χ1n) is 10.4. The molecule has 0 saturated heterocycles. The number of ether oxygens (including phenoxy) is 1. The average molecular weight is 514 g/mol. The average Bonchev–Trinajstić information content (AvgIpc) is 2.81. The molecule has 0 bridgehead atoms. The third-order valence-corrected chi connectivity index (χ3v) is 4.39. The molecule has 1 amide bonds. The third kappa shape index (κ3) is 8.92. The maximum absolute atomic E-state index is 13.0. The molecule has 3 rings (SSSR count). The highest BCUT2D eigenvalue weighted by Crippen LogP contribution is 2.31. The molecule has 0 atom stereocenters. The van der Waals surface area contributed by atoms with Crippen LogP contribution >= 0.6 is 0 Å². The highest BCUT2D eigenvalue weighted by Gasteiger charge is 2.31. The number of aromatic nitrogens is 3. The van der Waals surface area contributed by atoms with Crippen molar-refractivity contribution in [3.8, 4) is 6.01 Å². The van der Waals surface area contributed by atoms with Gasteiger partial charge < -0.3 is 20.7 Å². The predicted molar refractivity (Wildman–Crippen MR) is 117 cm³/mol. The van der Waals surface area contributed by atoms with Crippen LogP contribution in [0.2, 0.25) is 0 Å². The van der Waals surface area contributed by atoms with Crippen molar-refractivity contribution in [2.75, 3.05) is 23.8 Å². The highest BCUT2D eigenvalue weighted by molar-refractivity contribution is 5.76. The summed E-state index contributed by atoms with van der Waals surface area (Å²) in [4.78, 5) is 23.4. The molecule has 0 aliphatic heterocycles. The van der Waals surface area contributed by atoms with E-state index in [0.717, 1.165) is 23.8 Å². The van der Waals surface area contributed by atoms with Crippen LogP contribution in [0.5, 0.6) is 6.01 Å². The van der Waals surface area contributed by atoms with Gasteiger partial charge in [-0.25, -0.2) is 0 Å². The highest BCUT2D eigenvalue weighted by atomic mass is 19.4. The number of amides is 1. The topological polar surface area (TPSA) is 101 Å². The lowest BCUT2D eigenvalue weighted by Crippen LogP contribution is -2.25. The lowest BCUT2D eigenvalue weighted by Gasteiger charge is -2.13. The summed E-state index contributed by atoms with van der Waals surface area (Å²) < 4.78 is 81.1. The van der Waals surface area contributed by atoms with Crippen molar-refractivity contribution >= 4 is 23.5 Å². The maximum atomic E-state index is 13.0. The van der Waals surface area contributed by atoms with E-state index in [9.17, 15) is 31.1 Å². The second-order valence-electron chi connectivity index (χ2n) is 7.31. The largest absolute Gasteiger partial charge is 0.454 e. The van der Waals surface area contributed by atoms with Gasteiger partial charge in [-0.3, -0.25) is 4.79 Å². The van der Waals surface area contributed by atoms with Crippen LogP contribution < -0.4 is 20.7 Å². The van der Waals surface area contributed by atoms with Crippen molar-refractivity contribution in [2.45, 2.75) is 25.3 Å². The Morgan fingerprint density at radius 3 is 2.31 bits per heavy atom. The standard InChI is InChI=1S/C22H20F6N6O2/c23-21(24,25)13-36-20-33-18(29-10-9-17(35)30-12-14-5-2-1-3-6-14)32-19(34-20)31-16-8-4-7-15(11-16)22(26,27)28/h1-8,11H,9-10,12-13H2,(H,30,35)(H2,29,31,32,33,34). The van der Waals surface area contributed by atoms with Crippen molar-refractivity contribution in [1.82, 2.24) is 20.3 Å². The quantitative estimate of drug-likeness (QED) is 0.338. The number of nitrogens with zero attached hydrogens (tertiary/aromatic N) is 3. The molecule has 3 N–H and O–H groups in total. The molecule has 0 radical (unpaired) electrons. The van der Waals surface area contributed by atoms with Crippen LogP contribution in [0.15, 0.2) is 54.6 Å². The van der Waals surface area contributed by atoms with Crippen LogP contribution in [0.25, 0.3) is 0 Å². The number of hydrogen-bond donors (Lipinski definition) is 3. The summed E-state index contributed by atoms with van der Waals surface area (Å²) in [5.74, 6) is -0.915. The summed E-state index contributed by atoms with van der Waals surface area (Å²) in [5, 5.41) is 7.87. The van der Waals surface area contributed by atoms with Crippen LogP contribution in [-0.2, 0) is 17.5 Å². The molecule has 8 nitrogen and oxygen atoms in total. The Hall–Kier alpha value is -4.10. The molecule has 14 heteroatoms. The maximum Gasteiger partial charge on any atom is 0.422 e. The fourth-order valence-corrected chi connectivity index (χ4v) is 2.78. The molecule has 1 heterocycles. The molecule has 1 aromatic heterocycles. The molecule has 192 valence electrons. The zero-order chi connectivity index (χ0) is 26.2. The number of hydrogen-bond acceptors (Lipinski definition) is 7. The fourth-order valence-electron chi connectivity index (χ4n) is 2.78. The van der Waals surface area contributed by atoms with E-state index < -0.39 is 30.5 Å². The minimum Gasteiger partial charge on any atom is -0.454 e. The Morgan fingerprint density at radius 2 is 1.61 bits per heavy atom. The Labute approximate surface area is 201 Å². The Bertz CT molecular complexity index is 1160. The number of rotatable bonds is 10. The van der Waals surface area contributed by atoms with Gasteiger partial charge in [-0.1, -0.05) is 36.4 Å². The van der Waals surface area contributed by atoms with E-state index in [4.69, 9.17) is 0 Å². The van der Waals surface area contributed by atoms with E-state index in [1.165, 1.54) is 6.07 Å². The van der Waals surface area contributed by atoms with Crippen molar-refractivity contribution in [1.29, 1.82) is 0 Å². The van der Waals surface area contributed by atoms with Crippen LogP contribution in [0, 0.1) is 0 Å². The van der Waals surface area contributed by atoms with Gasteiger partial charge in [0, 0.05) is 25.2 Å². The molecule has 3 aromatic rings. The van der Waals surface area contributed by atoms with Crippen LogP contribution in [-0.4, -0.2) is 40.2 Å². The van der Waals surface area contributed by atoms with E-state index in [1.807, 2.05) is 30.3 Å². The molecule has 2 aromatic carbocycles. The van der Waals surface area contributed by atoms with E-state index in [0.29, 0.717) is 6.54 Å². The number of benzene rings is 2. The Kier molecular flexibility index (Phi) is 8.51. The lowest BCUT2D eigenvalue weighted by molar-refractivity contribution is -0.154. The number of anilines is 3. The van der Waals surface area contributed by atoms with Crippen LogP contribution in [0.1, 0.15) is 17.5 Å². The van der Waals surface area contributed by atoms with E-state index in [2.05, 4.69) is 35.6 Å². The van der Waals surface area contributed by atoms with Crippen molar-refractivity contribution in [3.05, 3.63) is 65.7 Å². The van der Waals surface area contributed by atoms with Crippen molar-refractivity contribution < 1.29 is 35.9 Å². The molecular weight excluding hydrogens is 494 g/mol. The predicted octanol–water partition coefficient (Wildman–Crippen LogP) is 4.69. The SMILES string of the molecule is O=C(CCNc1nc(Nc2cccc(C(F)(F)F)c2)nc(OCC(F)(F)F)n1)NCc1ccccc1. The Balaban J connectivity index is 1.67. The number of alkyl halides is 6. The molecule has 0 spiro atoms. The third-order valence-electron chi connectivity index (χ3n) is 4.39. The minimum absolute atomic E-state index is 0.00630. The first-order chi connectivity index (χ1) is 17.0.